The van der Waals surface area contributed by atoms with Crippen molar-refractivity contribution in [2.45, 2.75) is 37.1 Å². The topological polar surface area (TPSA) is 162 Å². The number of hydrogen-bond acceptors (Lipinski definition) is 8. The third-order valence-electron chi connectivity index (χ3n) is 3.30. The SMILES string of the molecule is NCCC(O)C(O)[C@H](N)C(=O)OC(=O)[C@@H](N)Cc1ccccc1. The lowest BCUT2D eigenvalue weighted by atomic mass is 10.0. The minimum Gasteiger partial charge on any atom is -0.391 e. The second-order valence-corrected chi connectivity index (χ2v) is 5.20. The maximum absolute atomic E-state index is 11.8. The Kier molecular flexibility index (Phi) is 7.79. The largest absolute Gasteiger partial charge is 0.391 e. The van der Waals surface area contributed by atoms with E-state index in [9.17, 15) is 19.8 Å². The third-order valence-corrected chi connectivity index (χ3v) is 3.30. The molecule has 0 amide bonds. The van der Waals surface area contributed by atoms with Gasteiger partial charge in [0.1, 0.15) is 18.2 Å². The van der Waals surface area contributed by atoms with Crippen LogP contribution in [-0.4, -0.2) is 53.0 Å². The Morgan fingerprint density at radius 3 is 2.26 bits per heavy atom. The summed E-state index contributed by atoms with van der Waals surface area (Å²) in [6.07, 6.45) is -2.61. The maximum atomic E-state index is 11.8. The Hall–Kier alpha value is -1.84. The summed E-state index contributed by atoms with van der Waals surface area (Å²) in [5.41, 5.74) is 17.2. The van der Waals surface area contributed by atoms with Gasteiger partial charge >= 0.3 is 11.9 Å². The van der Waals surface area contributed by atoms with Crippen LogP contribution in [0.15, 0.2) is 30.3 Å². The average molecular weight is 325 g/mol. The number of ether oxygens (including phenoxy) is 1. The van der Waals surface area contributed by atoms with Crippen molar-refractivity contribution in [2.24, 2.45) is 17.2 Å². The molecule has 1 aromatic carbocycles. The zero-order valence-corrected chi connectivity index (χ0v) is 12.7. The van der Waals surface area contributed by atoms with E-state index in [0.717, 1.165) is 5.56 Å². The molecule has 0 saturated carbocycles. The second kappa shape index (κ2) is 9.33. The number of rotatable bonds is 8. The van der Waals surface area contributed by atoms with Crippen molar-refractivity contribution in [3.63, 3.8) is 0 Å². The van der Waals surface area contributed by atoms with Crippen LogP contribution in [0.2, 0.25) is 0 Å². The Bertz CT molecular complexity index is 511. The first-order valence-corrected chi connectivity index (χ1v) is 7.23. The van der Waals surface area contributed by atoms with Crippen LogP contribution in [0.3, 0.4) is 0 Å². The summed E-state index contributed by atoms with van der Waals surface area (Å²) in [4.78, 5) is 23.5. The number of benzene rings is 1. The number of carbonyl (C=O) groups is 2. The van der Waals surface area contributed by atoms with Gasteiger partial charge in [-0.15, -0.1) is 0 Å². The zero-order chi connectivity index (χ0) is 17.4. The van der Waals surface area contributed by atoms with Crippen molar-refractivity contribution >= 4 is 11.9 Å². The molecule has 4 atom stereocenters. The number of esters is 2. The quantitative estimate of drug-likeness (QED) is 0.271. The van der Waals surface area contributed by atoms with E-state index in [-0.39, 0.29) is 19.4 Å². The summed E-state index contributed by atoms with van der Waals surface area (Å²) in [5, 5.41) is 19.2. The van der Waals surface area contributed by atoms with E-state index in [1.807, 2.05) is 6.07 Å². The molecule has 0 aromatic heterocycles. The van der Waals surface area contributed by atoms with Gasteiger partial charge in [-0.05, 0) is 24.9 Å². The molecule has 8 nitrogen and oxygen atoms in total. The van der Waals surface area contributed by atoms with Gasteiger partial charge in [0, 0.05) is 0 Å². The molecule has 1 rings (SSSR count). The highest BCUT2D eigenvalue weighted by Gasteiger charge is 2.32. The highest BCUT2D eigenvalue weighted by Crippen LogP contribution is 2.06. The second-order valence-electron chi connectivity index (χ2n) is 5.20. The van der Waals surface area contributed by atoms with Crippen LogP contribution in [0.4, 0.5) is 0 Å². The number of aliphatic hydroxyl groups excluding tert-OH is 2. The summed E-state index contributed by atoms with van der Waals surface area (Å²) in [5.74, 6) is -2.10. The summed E-state index contributed by atoms with van der Waals surface area (Å²) < 4.78 is 4.57. The molecule has 23 heavy (non-hydrogen) atoms. The van der Waals surface area contributed by atoms with Crippen molar-refractivity contribution in [3.05, 3.63) is 35.9 Å². The molecule has 0 radical (unpaired) electrons. The Morgan fingerprint density at radius 2 is 1.70 bits per heavy atom. The molecule has 0 bridgehead atoms. The monoisotopic (exact) mass is 325 g/mol. The first kappa shape index (κ1) is 19.2. The molecule has 0 saturated heterocycles. The lowest BCUT2D eigenvalue weighted by Gasteiger charge is -2.22. The number of aliphatic hydroxyl groups is 2. The van der Waals surface area contributed by atoms with Gasteiger partial charge in [-0.2, -0.15) is 0 Å². The standard InChI is InChI=1S/C15H23N3O5/c16-7-6-11(19)13(20)12(18)15(22)23-14(21)10(17)8-9-4-2-1-3-5-9/h1-5,10-13,19-20H,6-8,16-18H2/t10-,11?,12-,13?/m0/s1. The fourth-order valence-corrected chi connectivity index (χ4v) is 1.91. The van der Waals surface area contributed by atoms with Crippen LogP contribution in [-0.2, 0) is 20.7 Å². The predicted molar refractivity (Wildman–Crippen MR) is 82.9 cm³/mol. The van der Waals surface area contributed by atoms with Gasteiger partial charge in [0.25, 0.3) is 0 Å². The van der Waals surface area contributed by atoms with E-state index >= 15 is 0 Å². The Labute approximate surface area is 134 Å². The lowest BCUT2D eigenvalue weighted by Crippen LogP contribution is -2.50. The summed E-state index contributed by atoms with van der Waals surface area (Å²) in [6, 6.07) is 6.38. The number of hydrogen-bond donors (Lipinski definition) is 5. The van der Waals surface area contributed by atoms with Crippen molar-refractivity contribution in [1.82, 2.24) is 0 Å². The predicted octanol–water partition coefficient (Wildman–Crippen LogP) is -1.98. The molecule has 0 heterocycles. The number of nitrogens with two attached hydrogens (primary N) is 3. The highest BCUT2D eigenvalue weighted by atomic mass is 16.6. The summed E-state index contributed by atoms with van der Waals surface area (Å²) in [6.45, 7) is 0.112. The molecule has 2 unspecified atom stereocenters. The lowest BCUT2D eigenvalue weighted by molar-refractivity contribution is -0.164. The third kappa shape index (κ3) is 6.05. The van der Waals surface area contributed by atoms with Crippen molar-refractivity contribution in [3.8, 4) is 0 Å². The zero-order valence-electron chi connectivity index (χ0n) is 12.7. The van der Waals surface area contributed by atoms with Crippen molar-refractivity contribution < 1.29 is 24.5 Å². The van der Waals surface area contributed by atoms with E-state index in [4.69, 9.17) is 17.2 Å². The van der Waals surface area contributed by atoms with E-state index in [1.54, 1.807) is 24.3 Å². The Morgan fingerprint density at radius 1 is 1.09 bits per heavy atom. The molecule has 0 aliphatic heterocycles. The van der Waals surface area contributed by atoms with E-state index in [2.05, 4.69) is 4.74 Å². The maximum Gasteiger partial charge on any atom is 0.333 e. The Balaban J connectivity index is 2.53. The highest BCUT2D eigenvalue weighted by molar-refractivity contribution is 5.91. The van der Waals surface area contributed by atoms with Gasteiger partial charge in [0.15, 0.2) is 0 Å². The molecule has 0 fully saturated rings. The first-order valence-electron chi connectivity index (χ1n) is 7.23. The molecule has 0 aliphatic rings. The number of carbonyl (C=O) groups excluding carboxylic acids is 2. The van der Waals surface area contributed by atoms with Crippen LogP contribution >= 0.6 is 0 Å². The molecular weight excluding hydrogens is 302 g/mol. The molecule has 0 aliphatic carbocycles. The minimum atomic E-state index is -1.58. The summed E-state index contributed by atoms with van der Waals surface area (Å²) in [7, 11) is 0. The van der Waals surface area contributed by atoms with Crippen LogP contribution < -0.4 is 17.2 Å². The van der Waals surface area contributed by atoms with Crippen LogP contribution in [0.1, 0.15) is 12.0 Å². The van der Waals surface area contributed by atoms with Gasteiger partial charge in [0.05, 0.1) is 6.10 Å². The smallest absolute Gasteiger partial charge is 0.333 e. The van der Waals surface area contributed by atoms with Gasteiger partial charge in [0.2, 0.25) is 0 Å². The van der Waals surface area contributed by atoms with Crippen LogP contribution in [0.25, 0.3) is 0 Å². The normalized spacial score (nSPS) is 16.2. The molecule has 8 heteroatoms. The fraction of sp³-hybridized carbons (Fsp3) is 0.467. The molecule has 1 aromatic rings. The van der Waals surface area contributed by atoms with Crippen molar-refractivity contribution in [2.75, 3.05) is 6.54 Å². The van der Waals surface area contributed by atoms with E-state index in [0.29, 0.717) is 0 Å². The van der Waals surface area contributed by atoms with Gasteiger partial charge in [-0.3, -0.25) is 0 Å². The van der Waals surface area contributed by atoms with Crippen LogP contribution in [0.5, 0.6) is 0 Å². The molecule has 128 valence electrons. The van der Waals surface area contributed by atoms with Gasteiger partial charge < -0.3 is 32.2 Å². The van der Waals surface area contributed by atoms with E-state index in [1.165, 1.54) is 0 Å². The van der Waals surface area contributed by atoms with Crippen molar-refractivity contribution in [1.29, 1.82) is 0 Å². The fourth-order valence-electron chi connectivity index (χ4n) is 1.91. The average Bonchev–Trinajstić information content (AvgIpc) is 2.54. The molecular formula is C15H23N3O5. The summed E-state index contributed by atoms with van der Waals surface area (Å²) >= 11 is 0. The first-order chi connectivity index (χ1) is 10.9. The van der Waals surface area contributed by atoms with Gasteiger partial charge in [-0.25, -0.2) is 9.59 Å². The van der Waals surface area contributed by atoms with Crippen LogP contribution in [0, 0.1) is 0 Å². The molecule has 8 N–H and O–H groups in total. The van der Waals surface area contributed by atoms with E-state index < -0.39 is 36.2 Å². The molecule has 0 spiro atoms. The minimum absolute atomic E-state index is 0.0591. The van der Waals surface area contributed by atoms with Gasteiger partial charge in [-0.1, -0.05) is 30.3 Å².